The largest absolute Gasteiger partial charge is 0.472 e. The average molecular weight is 491 g/mol. The Balaban J connectivity index is 1.20. The summed E-state index contributed by atoms with van der Waals surface area (Å²) in [5, 5.41) is 11.2. The van der Waals surface area contributed by atoms with Crippen molar-refractivity contribution in [3.8, 4) is 33.9 Å². The van der Waals surface area contributed by atoms with E-state index in [4.69, 9.17) is 14.4 Å². The number of H-pyrrole nitrogens is 2. The Morgan fingerprint density at radius 3 is 2.86 bits per heavy atom. The van der Waals surface area contributed by atoms with E-state index in [0.717, 1.165) is 63.5 Å². The molecule has 7 rings (SSSR count). The van der Waals surface area contributed by atoms with Crippen molar-refractivity contribution in [2.45, 2.75) is 32.2 Å². The van der Waals surface area contributed by atoms with Gasteiger partial charge in [0.25, 0.3) is 0 Å². The van der Waals surface area contributed by atoms with Gasteiger partial charge >= 0.3 is 0 Å². The zero-order valence-corrected chi connectivity index (χ0v) is 20.2. The minimum Gasteiger partial charge on any atom is -0.472 e. The first-order chi connectivity index (χ1) is 18.3. The molecule has 0 saturated heterocycles. The maximum atomic E-state index is 5.27. The number of hydrogen-bond donors (Lipinski definition) is 3. The van der Waals surface area contributed by atoms with Gasteiger partial charge in [0, 0.05) is 41.8 Å². The van der Waals surface area contributed by atoms with Gasteiger partial charge in [-0.2, -0.15) is 5.10 Å². The molecule has 9 nitrogen and oxygen atoms in total. The van der Waals surface area contributed by atoms with E-state index in [1.54, 1.807) is 18.7 Å². The molecule has 0 aliphatic heterocycles. The first-order valence-corrected chi connectivity index (χ1v) is 12.7. The standard InChI is InChI=1S/C28H26N8O/c1-2-4-17(3-1)12-29-13-18-11-20(15-30-14-18)22-5-6-23-25(32-22)26(36-35-23)28-33-24-21(19-8-10-37-16-19)7-9-31-27(24)34-28/h5-11,14-17,29H,1-4,12-13H2,(H,35,36)(H,31,33,34). The third-order valence-corrected chi connectivity index (χ3v) is 7.18. The second kappa shape index (κ2) is 9.25. The molecule has 37 heavy (non-hydrogen) atoms. The smallest absolute Gasteiger partial charge is 0.178 e. The van der Waals surface area contributed by atoms with Crippen molar-refractivity contribution < 1.29 is 4.42 Å². The summed E-state index contributed by atoms with van der Waals surface area (Å²) in [5.74, 6) is 1.42. The number of nitrogens with zero attached hydrogens (tertiary/aromatic N) is 5. The third-order valence-electron chi connectivity index (χ3n) is 7.18. The number of imidazole rings is 1. The summed E-state index contributed by atoms with van der Waals surface area (Å²) in [5.41, 5.74) is 8.56. The number of aromatic nitrogens is 7. The summed E-state index contributed by atoms with van der Waals surface area (Å²) >= 11 is 0. The Kier molecular flexibility index (Phi) is 5.47. The lowest BCUT2D eigenvalue weighted by molar-refractivity contribution is 0.489. The lowest BCUT2D eigenvalue weighted by Gasteiger charge is -2.11. The maximum Gasteiger partial charge on any atom is 0.178 e. The maximum absolute atomic E-state index is 5.27. The fourth-order valence-corrected chi connectivity index (χ4v) is 5.27. The van der Waals surface area contributed by atoms with Gasteiger partial charge in [0.05, 0.1) is 29.3 Å². The molecule has 0 amide bonds. The lowest BCUT2D eigenvalue weighted by Crippen LogP contribution is -2.20. The molecule has 9 heteroatoms. The van der Waals surface area contributed by atoms with Gasteiger partial charge in [-0.3, -0.25) is 10.1 Å². The van der Waals surface area contributed by atoms with Crippen LogP contribution in [0.2, 0.25) is 0 Å². The van der Waals surface area contributed by atoms with Crippen molar-refractivity contribution in [1.29, 1.82) is 0 Å². The summed E-state index contributed by atoms with van der Waals surface area (Å²) in [7, 11) is 0. The molecule has 0 radical (unpaired) electrons. The molecule has 1 saturated carbocycles. The van der Waals surface area contributed by atoms with Crippen LogP contribution in [0.1, 0.15) is 31.2 Å². The van der Waals surface area contributed by atoms with Gasteiger partial charge < -0.3 is 14.7 Å². The van der Waals surface area contributed by atoms with Gasteiger partial charge in [-0.25, -0.2) is 15.0 Å². The average Bonchev–Trinajstić information content (AvgIpc) is 3.74. The highest BCUT2D eigenvalue weighted by Gasteiger charge is 2.18. The predicted octanol–water partition coefficient (Wildman–Crippen LogP) is 5.50. The normalized spacial score (nSPS) is 14.3. The number of nitrogens with one attached hydrogen (secondary N) is 3. The molecule has 0 unspecified atom stereocenters. The highest BCUT2D eigenvalue weighted by molar-refractivity contribution is 5.94. The summed E-state index contributed by atoms with van der Waals surface area (Å²) in [6.45, 7) is 1.88. The Morgan fingerprint density at radius 1 is 1.03 bits per heavy atom. The van der Waals surface area contributed by atoms with Crippen LogP contribution in [0.3, 0.4) is 0 Å². The number of pyridine rings is 3. The van der Waals surface area contributed by atoms with E-state index in [1.807, 2.05) is 36.7 Å². The molecule has 1 aliphatic carbocycles. The summed E-state index contributed by atoms with van der Waals surface area (Å²) in [4.78, 5) is 22.0. The van der Waals surface area contributed by atoms with Crippen molar-refractivity contribution in [2.75, 3.05) is 6.54 Å². The van der Waals surface area contributed by atoms with Crippen molar-refractivity contribution in [3.63, 3.8) is 0 Å². The van der Waals surface area contributed by atoms with Crippen LogP contribution in [0.25, 0.3) is 56.1 Å². The van der Waals surface area contributed by atoms with Crippen LogP contribution in [0, 0.1) is 5.92 Å². The topological polar surface area (TPSA) is 121 Å². The highest BCUT2D eigenvalue weighted by atomic mass is 16.3. The van der Waals surface area contributed by atoms with Crippen LogP contribution in [0.5, 0.6) is 0 Å². The van der Waals surface area contributed by atoms with Gasteiger partial charge in [-0.1, -0.05) is 12.8 Å². The Bertz CT molecular complexity index is 1680. The Labute approximate surface area is 212 Å². The van der Waals surface area contributed by atoms with Gasteiger partial charge in [-0.05, 0) is 61.2 Å². The quantitative estimate of drug-likeness (QED) is 0.270. The fraction of sp³-hybridized carbons (Fsp3) is 0.250. The van der Waals surface area contributed by atoms with Crippen molar-refractivity contribution >= 4 is 22.2 Å². The van der Waals surface area contributed by atoms with Crippen LogP contribution in [0.4, 0.5) is 0 Å². The minimum absolute atomic E-state index is 0.609. The van der Waals surface area contributed by atoms with E-state index in [0.29, 0.717) is 17.2 Å². The number of furan rings is 1. The lowest BCUT2D eigenvalue weighted by atomic mass is 10.1. The van der Waals surface area contributed by atoms with E-state index < -0.39 is 0 Å². The Morgan fingerprint density at radius 2 is 1.97 bits per heavy atom. The number of aromatic amines is 2. The summed E-state index contributed by atoms with van der Waals surface area (Å²) in [6.07, 6.45) is 14.3. The summed E-state index contributed by atoms with van der Waals surface area (Å²) < 4.78 is 5.27. The van der Waals surface area contributed by atoms with Crippen LogP contribution >= 0.6 is 0 Å². The molecule has 184 valence electrons. The Hall–Kier alpha value is -4.37. The SMILES string of the molecule is c1cc(-c2ccoc2)c2[nH]c(-c3n[nH]c4ccc(-c5cncc(CNCC6CCCC6)c5)nc34)nc2n1. The van der Waals surface area contributed by atoms with Crippen molar-refractivity contribution in [3.05, 3.63) is 67.0 Å². The first kappa shape index (κ1) is 21.9. The second-order valence-corrected chi connectivity index (χ2v) is 9.68. The van der Waals surface area contributed by atoms with E-state index in [-0.39, 0.29) is 0 Å². The molecule has 0 aromatic carbocycles. The van der Waals surface area contributed by atoms with E-state index in [9.17, 15) is 0 Å². The van der Waals surface area contributed by atoms with Crippen molar-refractivity contribution in [1.82, 2.24) is 40.4 Å². The fourth-order valence-electron chi connectivity index (χ4n) is 5.27. The van der Waals surface area contributed by atoms with Crippen LogP contribution in [-0.2, 0) is 6.54 Å². The molecule has 1 aliphatic rings. The van der Waals surface area contributed by atoms with Crippen LogP contribution in [0.15, 0.2) is 65.9 Å². The molecular formula is C28H26N8O. The molecule has 0 atom stereocenters. The van der Waals surface area contributed by atoms with Crippen molar-refractivity contribution in [2.24, 2.45) is 5.92 Å². The molecule has 0 spiro atoms. The molecule has 0 bridgehead atoms. The van der Waals surface area contributed by atoms with E-state index >= 15 is 0 Å². The van der Waals surface area contributed by atoms with Gasteiger partial charge in [-0.15, -0.1) is 0 Å². The van der Waals surface area contributed by atoms with Crippen LogP contribution in [-0.4, -0.2) is 41.7 Å². The summed E-state index contributed by atoms with van der Waals surface area (Å²) in [6, 6.07) is 10.0. The zero-order valence-electron chi connectivity index (χ0n) is 20.2. The second-order valence-electron chi connectivity index (χ2n) is 9.68. The van der Waals surface area contributed by atoms with Crippen LogP contribution < -0.4 is 5.32 Å². The van der Waals surface area contributed by atoms with Gasteiger partial charge in [0.1, 0.15) is 5.52 Å². The molecule has 3 N–H and O–H groups in total. The van der Waals surface area contributed by atoms with E-state index in [1.165, 1.54) is 25.7 Å². The zero-order chi connectivity index (χ0) is 24.6. The van der Waals surface area contributed by atoms with Gasteiger partial charge in [0.15, 0.2) is 17.2 Å². The highest BCUT2D eigenvalue weighted by Crippen LogP contribution is 2.31. The first-order valence-electron chi connectivity index (χ1n) is 12.7. The van der Waals surface area contributed by atoms with E-state index in [2.05, 4.69) is 36.5 Å². The molecular weight excluding hydrogens is 464 g/mol. The molecule has 1 fully saturated rings. The minimum atomic E-state index is 0.609. The third kappa shape index (κ3) is 4.17. The number of rotatable bonds is 7. The predicted molar refractivity (Wildman–Crippen MR) is 141 cm³/mol. The molecule has 6 heterocycles. The molecule has 6 aromatic rings. The molecule has 6 aromatic heterocycles. The van der Waals surface area contributed by atoms with Gasteiger partial charge in [0.2, 0.25) is 0 Å². The number of hydrogen-bond acceptors (Lipinski definition) is 7. The number of fused-ring (bicyclic) bond motifs is 2. The monoisotopic (exact) mass is 490 g/mol.